The third kappa shape index (κ3) is 1.51. The second-order valence-corrected chi connectivity index (χ2v) is 4.09. The first-order valence-electron chi connectivity index (χ1n) is 5.27. The molecule has 0 saturated carbocycles. The second-order valence-electron chi connectivity index (χ2n) is 4.09. The molecule has 0 aliphatic heterocycles. The van der Waals surface area contributed by atoms with E-state index in [9.17, 15) is 5.11 Å². The van der Waals surface area contributed by atoms with Gasteiger partial charge < -0.3 is 16.7 Å². The summed E-state index contributed by atoms with van der Waals surface area (Å²) in [6.07, 6.45) is 5.20. The van der Waals surface area contributed by atoms with Gasteiger partial charge in [0.15, 0.2) is 17.0 Å². The van der Waals surface area contributed by atoms with E-state index in [2.05, 4.69) is 15.0 Å². The fourth-order valence-corrected chi connectivity index (χ4v) is 2.03. The highest BCUT2D eigenvalue weighted by atomic mass is 16.3. The maximum absolute atomic E-state index is 9.43. The number of nitrogens with zero attached hydrogens (tertiary/aromatic N) is 4. The first-order chi connectivity index (χ1) is 8.15. The van der Waals surface area contributed by atoms with Crippen LogP contribution in [0.2, 0.25) is 0 Å². The van der Waals surface area contributed by atoms with E-state index in [4.69, 9.17) is 11.6 Å². The van der Waals surface area contributed by atoms with Crippen LogP contribution in [0.1, 0.15) is 18.2 Å². The van der Waals surface area contributed by atoms with Crippen LogP contribution in [0.3, 0.4) is 0 Å². The molecule has 88 valence electrons. The number of nitrogens with two attached hydrogens (primary N) is 2. The Labute approximate surface area is 96.8 Å². The molecule has 0 radical (unpaired) electrons. The molecular weight excluding hydrogens is 220 g/mol. The largest absolute Gasteiger partial charge is 0.389 e. The Kier molecular flexibility index (Phi) is 2.02. The fourth-order valence-electron chi connectivity index (χ4n) is 2.03. The van der Waals surface area contributed by atoms with Gasteiger partial charge >= 0.3 is 0 Å². The molecule has 7 nitrogen and oxygen atoms in total. The lowest BCUT2D eigenvalue weighted by molar-refractivity contribution is 0.217. The van der Waals surface area contributed by atoms with Gasteiger partial charge in [0, 0.05) is 5.92 Å². The number of imidazole rings is 1. The zero-order valence-electron chi connectivity index (χ0n) is 8.98. The van der Waals surface area contributed by atoms with Crippen molar-refractivity contribution in [3.8, 4) is 0 Å². The maximum atomic E-state index is 9.43. The molecule has 0 spiro atoms. The Morgan fingerprint density at radius 2 is 2.18 bits per heavy atom. The molecule has 2 heterocycles. The van der Waals surface area contributed by atoms with Gasteiger partial charge in [-0.1, -0.05) is 12.2 Å². The van der Waals surface area contributed by atoms with Crippen LogP contribution in [0, 0.1) is 0 Å². The number of aromatic nitrogens is 4. The number of anilines is 1. The van der Waals surface area contributed by atoms with Crippen LogP contribution in [0.25, 0.3) is 11.2 Å². The Bertz CT molecular complexity index is 604. The summed E-state index contributed by atoms with van der Waals surface area (Å²) in [4.78, 5) is 12.6. The van der Waals surface area contributed by atoms with E-state index in [-0.39, 0.29) is 5.92 Å². The summed E-state index contributed by atoms with van der Waals surface area (Å²) < 4.78 is 1.30. The van der Waals surface area contributed by atoms with Crippen LogP contribution in [-0.4, -0.2) is 30.8 Å². The lowest BCUT2D eigenvalue weighted by atomic mass is 10.1. The minimum absolute atomic E-state index is 0.0142. The third-order valence-electron chi connectivity index (χ3n) is 2.87. The van der Waals surface area contributed by atoms with Gasteiger partial charge in [-0.3, -0.25) is 0 Å². The first kappa shape index (κ1) is 10.0. The number of hydrogen-bond donors (Lipinski definition) is 3. The molecule has 2 aromatic rings. The highest BCUT2D eigenvalue weighted by molar-refractivity contribution is 5.81. The molecular formula is C10H12N6O. The monoisotopic (exact) mass is 232 g/mol. The predicted molar refractivity (Wildman–Crippen MR) is 62.4 cm³/mol. The van der Waals surface area contributed by atoms with E-state index >= 15 is 0 Å². The standard InChI is InChI=1S/C10H12N6O/c11-8-7-10(13-4-16(7)12)15-9(14-8)5-1-2-6(17)3-5/h1-2,4-6,17H,3,12H2,(H2,11,14,15). The zero-order chi connectivity index (χ0) is 12.0. The van der Waals surface area contributed by atoms with Crippen LogP contribution in [0.5, 0.6) is 0 Å². The van der Waals surface area contributed by atoms with Crippen LogP contribution in [0.4, 0.5) is 5.82 Å². The van der Waals surface area contributed by atoms with Crippen molar-refractivity contribution in [3.63, 3.8) is 0 Å². The van der Waals surface area contributed by atoms with E-state index in [0.29, 0.717) is 29.2 Å². The van der Waals surface area contributed by atoms with Gasteiger partial charge in [-0.2, -0.15) is 0 Å². The molecule has 7 heteroatoms. The first-order valence-corrected chi connectivity index (χ1v) is 5.27. The third-order valence-corrected chi connectivity index (χ3v) is 2.87. The van der Waals surface area contributed by atoms with Crippen LogP contribution in [-0.2, 0) is 0 Å². The molecule has 1 aliphatic rings. The summed E-state index contributed by atoms with van der Waals surface area (Å²) in [5, 5.41) is 9.43. The Balaban J connectivity index is 2.10. The van der Waals surface area contributed by atoms with Crippen molar-refractivity contribution in [2.75, 3.05) is 11.6 Å². The number of aliphatic hydroxyl groups is 1. The van der Waals surface area contributed by atoms with E-state index in [0.717, 1.165) is 0 Å². The average Bonchev–Trinajstić information content (AvgIpc) is 2.86. The molecule has 3 rings (SSSR count). The molecule has 0 amide bonds. The van der Waals surface area contributed by atoms with Gasteiger partial charge in [0.1, 0.15) is 12.2 Å². The van der Waals surface area contributed by atoms with E-state index in [1.54, 1.807) is 6.08 Å². The number of fused-ring (bicyclic) bond motifs is 1. The number of allylic oxidation sites excluding steroid dienone is 1. The average molecular weight is 232 g/mol. The van der Waals surface area contributed by atoms with Gasteiger partial charge in [0.25, 0.3) is 0 Å². The van der Waals surface area contributed by atoms with Crippen LogP contribution in [0.15, 0.2) is 18.5 Å². The fraction of sp³-hybridized carbons (Fsp3) is 0.300. The smallest absolute Gasteiger partial charge is 0.185 e. The molecule has 0 fully saturated rings. The van der Waals surface area contributed by atoms with Crippen LogP contribution < -0.4 is 11.6 Å². The van der Waals surface area contributed by atoms with Gasteiger partial charge in [-0.25, -0.2) is 19.6 Å². The number of aliphatic hydroxyl groups excluding tert-OH is 1. The highest BCUT2D eigenvalue weighted by Gasteiger charge is 2.22. The van der Waals surface area contributed by atoms with E-state index < -0.39 is 6.10 Å². The van der Waals surface area contributed by atoms with E-state index in [1.165, 1.54) is 11.0 Å². The molecule has 1 aliphatic carbocycles. The van der Waals surface area contributed by atoms with Gasteiger partial charge in [0.2, 0.25) is 0 Å². The quantitative estimate of drug-likeness (QED) is 0.452. The molecule has 2 unspecified atom stereocenters. The number of nitrogen functional groups attached to an aromatic ring is 2. The molecule has 2 atom stereocenters. The number of hydrogen-bond acceptors (Lipinski definition) is 6. The Morgan fingerprint density at radius 3 is 2.88 bits per heavy atom. The molecule has 0 saturated heterocycles. The minimum atomic E-state index is -0.437. The van der Waals surface area contributed by atoms with Crippen molar-refractivity contribution in [1.82, 2.24) is 19.6 Å². The summed E-state index contributed by atoms with van der Waals surface area (Å²) >= 11 is 0. The summed E-state index contributed by atoms with van der Waals surface area (Å²) in [6, 6.07) is 0. The van der Waals surface area contributed by atoms with Crippen molar-refractivity contribution < 1.29 is 5.11 Å². The van der Waals surface area contributed by atoms with Gasteiger partial charge in [-0.05, 0) is 6.42 Å². The normalized spacial score (nSPS) is 23.6. The van der Waals surface area contributed by atoms with Gasteiger partial charge in [-0.15, -0.1) is 0 Å². The van der Waals surface area contributed by atoms with E-state index in [1.807, 2.05) is 6.08 Å². The second kappa shape index (κ2) is 3.42. The summed E-state index contributed by atoms with van der Waals surface area (Å²) in [5.41, 5.74) is 6.83. The SMILES string of the molecule is Nc1nc(C2C=CC(O)C2)nc2ncn(N)c12. The summed E-state index contributed by atoms with van der Waals surface area (Å²) in [7, 11) is 0. The summed E-state index contributed by atoms with van der Waals surface area (Å²) in [5.74, 6) is 6.50. The molecule has 0 aromatic carbocycles. The van der Waals surface area contributed by atoms with Crippen molar-refractivity contribution in [2.24, 2.45) is 0 Å². The molecule has 2 aromatic heterocycles. The molecule has 5 N–H and O–H groups in total. The number of rotatable bonds is 1. The highest BCUT2D eigenvalue weighted by Crippen LogP contribution is 2.28. The lowest BCUT2D eigenvalue weighted by Crippen LogP contribution is -2.11. The minimum Gasteiger partial charge on any atom is -0.389 e. The van der Waals surface area contributed by atoms with Crippen LogP contribution >= 0.6 is 0 Å². The molecule has 0 bridgehead atoms. The maximum Gasteiger partial charge on any atom is 0.185 e. The van der Waals surface area contributed by atoms with Crippen molar-refractivity contribution in [3.05, 3.63) is 24.3 Å². The Morgan fingerprint density at radius 1 is 1.35 bits per heavy atom. The summed E-state index contributed by atoms with van der Waals surface area (Å²) in [6.45, 7) is 0. The van der Waals surface area contributed by atoms with Crippen molar-refractivity contribution in [1.29, 1.82) is 0 Å². The topological polar surface area (TPSA) is 116 Å². The Hall–Kier alpha value is -2.15. The zero-order valence-corrected chi connectivity index (χ0v) is 8.98. The predicted octanol–water partition coefficient (Wildman–Crippen LogP) is -0.473. The van der Waals surface area contributed by atoms with Gasteiger partial charge in [0.05, 0.1) is 6.10 Å². The lowest BCUT2D eigenvalue weighted by Gasteiger charge is -2.08. The molecule has 17 heavy (non-hydrogen) atoms. The van der Waals surface area contributed by atoms with Crippen molar-refractivity contribution in [2.45, 2.75) is 18.4 Å². The van der Waals surface area contributed by atoms with Crippen molar-refractivity contribution >= 4 is 17.0 Å².